The molecule has 0 aliphatic carbocycles. The minimum absolute atomic E-state index is 0.216. The Balaban J connectivity index is 1.39. The number of hydrogen-bond acceptors (Lipinski definition) is 5. The van der Waals surface area contributed by atoms with Crippen molar-refractivity contribution in [3.8, 4) is 0 Å². The molecule has 0 atom stereocenters. The molecule has 2 aliphatic heterocycles. The summed E-state index contributed by atoms with van der Waals surface area (Å²) in [5.74, 6) is -0.447. The smallest absolute Gasteiger partial charge is 0.278 e. The molecular formula is C27H26N4O2. The maximum atomic E-state index is 13.6. The topological polar surface area (TPSA) is 56.8 Å². The summed E-state index contributed by atoms with van der Waals surface area (Å²) >= 11 is 0. The van der Waals surface area contributed by atoms with Crippen LogP contribution < -0.4 is 0 Å². The number of carbonyl (C=O) groups is 2. The van der Waals surface area contributed by atoms with Gasteiger partial charge < -0.3 is 4.90 Å². The van der Waals surface area contributed by atoms with Gasteiger partial charge in [0.25, 0.3) is 11.8 Å². The van der Waals surface area contributed by atoms with Crippen LogP contribution in [0.1, 0.15) is 16.7 Å². The molecule has 6 heteroatoms. The third-order valence-corrected chi connectivity index (χ3v) is 6.23. The highest BCUT2D eigenvalue weighted by atomic mass is 16.2. The molecule has 0 radical (unpaired) electrons. The minimum atomic E-state index is -0.232. The van der Waals surface area contributed by atoms with Crippen LogP contribution in [0.4, 0.5) is 0 Å². The lowest BCUT2D eigenvalue weighted by Gasteiger charge is -2.36. The van der Waals surface area contributed by atoms with Gasteiger partial charge in [0.1, 0.15) is 5.70 Å². The Morgan fingerprint density at radius 1 is 0.667 bits per heavy atom. The molecule has 2 aromatic carbocycles. The second-order valence-corrected chi connectivity index (χ2v) is 8.39. The Morgan fingerprint density at radius 2 is 1.27 bits per heavy atom. The standard InChI is InChI=1S/C27H26N4O2/c32-26-24(23-9-5-2-6-10-23)25(27(33)31(26)20-22-11-13-28-14-12-22)30-17-15-29(16-18-30)19-21-7-3-1-4-8-21/h1-14H,15-20H2. The Kier molecular flexibility index (Phi) is 6.00. The van der Waals surface area contributed by atoms with E-state index in [4.69, 9.17) is 0 Å². The summed E-state index contributed by atoms with van der Waals surface area (Å²) in [5.41, 5.74) is 3.99. The fourth-order valence-corrected chi connectivity index (χ4v) is 4.51. The molecule has 2 aliphatic rings. The zero-order valence-electron chi connectivity index (χ0n) is 18.4. The normalized spacial score (nSPS) is 17.2. The summed E-state index contributed by atoms with van der Waals surface area (Å²) in [5, 5.41) is 0. The van der Waals surface area contributed by atoms with Crippen LogP contribution >= 0.6 is 0 Å². The predicted molar refractivity (Wildman–Crippen MR) is 126 cm³/mol. The SMILES string of the molecule is O=C1C(c2ccccc2)=C(N2CCN(Cc3ccccc3)CC2)C(=O)N1Cc1ccncc1. The molecule has 3 aromatic rings. The fourth-order valence-electron chi connectivity index (χ4n) is 4.51. The summed E-state index contributed by atoms with van der Waals surface area (Å²) in [6, 6.07) is 23.6. The van der Waals surface area contributed by atoms with E-state index in [0.717, 1.165) is 30.8 Å². The van der Waals surface area contributed by atoms with Gasteiger partial charge in [-0.2, -0.15) is 0 Å². The Morgan fingerprint density at radius 3 is 1.94 bits per heavy atom. The van der Waals surface area contributed by atoms with Crippen molar-refractivity contribution in [1.29, 1.82) is 0 Å². The lowest BCUT2D eigenvalue weighted by Crippen LogP contribution is -2.47. The predicted octanol–water partition coefficient (Wildman–Crippen LogP) is 3.18. The summed E-state index contributed by atoms with van der Waals surface area (Å²) in [6.45, 7) is 4.23. The maximum absolute atomic E-state index is 13.6. The van der Waals surface area contributed by atoms with Crippen molar-refractivity contribution in [2.75, 3.05) is 26.2 Å². The molecule has 5 rings (SSSR count). The van der Waals surface area contributed by atoms with E-state index >= 15 is 0 Å². The average molecular weight is 439 g/mol. The molecular weight excluding hydrogens is 412 g/mol. The van der Waals surface area contributed by atoms with Gasteiger partial charge >= 0.3 is 0 Å². The number of pyridine rings is 1. The van der Waals surface area contributed by atoms with Gasteiger partial charge in [0.05, 0.1) is 12.1 Å². The quantitative estimate of drug-likeness (QED) is 0.554. The Hall–Kier alpha value is -3.77. The second kappa shape index (κ2) is 9.38. The molecule has 0 saturated carbocycles. The van der Waals surface area contributed by atoms with E-state index in [1.54, 1.807) is 12.4 Å². The number of imide groups is 1. The van der Waals surface area contributed by atoms with Crippen molar-refractivity contribution < 1.29 is 9.59 Å². The number of amides is 2. The molecule has 2 amide bonds. The molecule has 166 valence electrons. The first-order valence-corrected chi connectivity index (χ1v) is 11.3. The van der Waals surface area contributed by atoms with Crippen LogP contribution in [0, 0.1) is 0 Å². The lowest BCUT2D eigenvalue weighted by molar-refractivity contribution is -0.138. The molecule has 0 N–H and O–H groups in total. The summed E-state index contributed by atoms with van der Waals surface area (Å²) < 4.78 is 0. The van der Waals surface area contributed by atoms with E-state index in [2.05, 4.69) is 39.0 Å². The maximum Gasteiger partial charge on any atom is 0.278 e. The molecule has 33 heavy (non-hydrogen) atoms. The van der Waals surface area contributed by atoms with E-state index in [1.165, 1.54) is 10.5 Å². The van der Waals surface area contributed by atoms with Crippen LogP contribution in [0.3, 0.4) is 0 Å². The van der Waals surface area contributed by atoms with Crippen molar-refractivity contribution in [3.63, 3.8) is 0 Å². The van der Waals surface area contributed by atoms with Crippen LogP contribution in [0.25, 0.3) is 5.57 Å². The first kappa shape index (κ1) is 21.1. The number of aromatic nitrogens is 1. The summed E-state index contributed by atoms with van der Waals surface area (Å²) in [6.07, 6.45) is 3.36. The van der Waals surface area contributed by atoms with Crippen molar-refractivity contribution in [1.82, 2.24) is 19.7 Å². The van der Waals surface area contributed by atoms with Gasteiger partial charge in [0, 0.05) is 45.1 Å². The van der Waals surface area contributed by atoms with Crippen LogP contribution in [0.15, 0.2) is 90.9 Å². The van der Waals surface area contributed by atoms with Gasteiger partial charge in [-0.05, 0) is 28.8 Å². The van der Waals surface area contributed by atoms with Gasteiger partial charge in [-0.1, -0.05) is 60.7 Å². The van der Waals surface area contributed by atoms with Crippen LogP contribution in [0.2, 0.25) is 0 Å². The number of carbonyl (C=O) groups excluding carboxylic acids is 2. The van der Waals surface area contributed by atoms with Crippen molar-refractivity contribution >= 4 is 17.4 Å². The van der Waals surface area contributed by atoms with Crippen molar-refractivity contribution in [2.45, 2.75) is 13.1 Å². The van der Waals surface area contributed by atoms with E-state index in [0.29, 0.717) is 24.4 Å². The van der Waals surface area contributed by atoms with Crippen LogP contribution in [0.5, 0.6) is 0 Å². The van der Waals surface area contributed by atoms with Crippen LogP contribution in [-0.4, -0.2) is 57.7 Å². The van der Waals surface area contributed by atoms with E-state index in [9.17, 15) is 9.59 Å². The third kappa shape index (κ3) is 4.43. The highest BCUT2D eigenvalue weighted by Crippen LogP contribution is 2.33. The zero-order chi connectivity index (χ0) is 22.6. The van der Waals surface area contributed by atoms with E-state index in [-0.39, 0.29) is 18.4 Å². The van der Waals surface area contributed by atoms with Gasteiger partial charge in [0.2, 0.25) is 0 Å². The molecule has 6 nitrogen and oxygen atoms in total. The number of benzene rings is 2. The van der Waals surface area contributed by atoms with Crippen molar-refractivity contribution in [3.05, 3.63) is 108 Å². The molecule has 0 bridgehead atoms. The van der Waals surface area contributed by atoms with Crippen LogP contribution in [-0.2, 0) is 22.7 Å². The molecule has 0 spiro atoms. The Labute approximate surface area is 193 Å². The number of piperazine rings is 1. The largest absolute Gasteiger partial charge is 0.364 e. The second-order valence-electron chi connectivity index (χ2n) is 8.39. The van der Waals surface area contributed by atoms with Gasteiger partial charge in [-0.3, -0.25) is 24.4 Å². The average Bonchev–Trinajstić information content (AvgIpc) is 3.11. The molecule has 1 fully saturated rings. The zero-order valence-corrected chi connectivity index (χ0v) is 18.4. The molecule has 0 unspecified atom stereocenters. The first-order valence-electron chi connectivity index (χ1n) is 11.3. The van der Waals surface area contributed by atoms with E-state index in [1.807, 2.05) is 48.5 Å². The lowest BCUT2D eigenvalue weighted by atomic mass is 10.0. The first-order chi connectivity index (χ1) is 16.2. The van der Waals surface area contributed by atoms with Gasteiger partial charge in [-0.25, -0.2) is 0 Å². The minimum Gasteiger partial charge on any atom is -0.364 e. The number of rotatable bonds is 6. The number of hydrogen-bond donors (Lipinski definition) is 0. The Bertz CT molecular complexity index is 1150. The highest BCUT2D eigenvalue weighted by molar-refractivity contribution is 6.35. The van der Waals surface area contributed by atoms with E-state index < -0.39 is 0 Å². The summed E-state index contributed by atoms with van der Waals surface area (Å²) in [4.78, 5) is 36.9. The summed E-state index contributed by atoms with van der Waals surface area (Å²) in [7, 11) is 0. The molecule has 1 aromatic heterocycles. The van der Waals surface area contributed by atoms with Crippen molar-refractivity contribution in [2.24, 2.45) is 0 Å². The fraction of sp³-hybridized carbons (Fsp3) is 0.222. The van der Waals surface area contributed by atoms with Gasteiger partial charge in [-0.15, -0.1) is 0 Å². The third-order valence-electron chi connectivity index (χ3n) is 6.23. The number of nitrogens with zero attached hydrogens (tertiary/aromatic N) is 4. The van der Waals surface area contributed by atoms with Gasteiger partial charge in [0.15, 0.2) is 0 Å². The molecule has 1 saturated heterocycles. The monoisotopic (exact) mass is 438 g/mol. The molecule has 3 heterocycles. The highest BCUT2D eigenvalue weighted by Gasteiger charge is 2.42.